The van der Waals surface area contributed by atoms with Crippen LogP contribution in [0.25, 0.3) is 32.8 Å². The molecule has 0 bridgehead atoms. The van der Waals surface area contributed by atoms with Crippen molar-refractivity contribution in [3.63, 3.8) is 0 Å². The molecule has 3 heteroatoms. The van der Waals surface area contributed by atoms with E-state index in [1.807, 2.05) is 23.1 Å². The predicted molar refractivity (Wildman–Crippen MR) is 98.1 cm³/mol. The summed E-state index contributed by atoms with van der Waals surface area (Å²) in [5.41, 5.74) is 5.60. The first-order valence-corrected chi connectivity index (χ1v) is 8.14. The van der Waals surface area contributed by atoms with Crippen molar-refractivity contribution in [2.75, 3.05) is 4.90 Å². The standard InChI is InChI=1S/C21H16N2O/c1-13(24)23-12-19-20(16-8-4-5-9-18(16)22-19)17-11-10-14-6-2-3-7-15(14)21(17)23/h2-11,22H,12H2,1H3. The molecule has 0 fully saturated rings. The number of carbonyl (C=O) groups is 1. The van der Waals surface area contributed by atoms with E-state index in [-0.39, 0.29) is 5.91 Å². The maximum atomic E-state index is 12.3. The minimum absolute atomic E-state index is 0.0666. The Morgan fingerprint density at radius 1 is 0.958 bits per heavy atom. The fraction of sp³-hybridized carbons (Fsp3) is 0.0952. The summed E-state index contributed by atoms with van der Waals surface area (Å²) >= 11 is 0. The Balaban J connectivity index is 1.94. The lowest BCUT2D eigenvalue weighted by Gasteiger charge is -2.30. The number of benzene rings is 3. The molecule has 0 aliphatic carbocycles. The first-order valence-electron chi connectivity index (χ1n) is 8.14. The molecule has 1 aliphatic rings. The van der Waals surface area contributed by atoms with E-state index >= 15 is 0 Å². The summed E-state index contributed by atoms with van der Waals surface area (Å²) in [6.45, 7) is 2.22. The number of rotatable bonds is 0. The van der Waals surface area contributed by atoms with Crippen LogP contribution in [-0.4, -0.2) is 10.9 Å². The highest BCUT2D eigenvalue weighted by atomic mass is 16.2. The zero-order valence-electron chi connectivity index (χ0n) is 13.3. The van der Waals surface area contributed by atoms with Gasteiger partial charge >= 0.3 is 0 Å². The Labute approximate surface area is 139 Å². The fourth-order valence-corrected chi connectivity index (χ4v) is 3.88. The van der Waals surface area contributed by atoms with Crippen molar-refractivity contribution < 1.29 is 4.79 Å². The highest BCUT2D eigenvalue weighted by molar-refractivity contribution is 6.14. The number of aromatic amines is 1. The van der Waals surface area contributed by atoms with E-state index in [0.29, 0.717) is 6.54 Å². The Hall–Kier alpha value is -3.07. The van der Waals surface area contributed by atoms with Crippen LogP contribution in [0.1, 0.15) is 12.6 Å². The van der Waals surface area contributed by atoms with Gasteiger partial charge in [0.2, 0.25) is 5.91 Å². The Morgan fingerprint density at radius 2 is 1.71 bits per heavy atom. The van der Waals surface area contributed by atoms with Gasteiger partial charge < -0.3 is 9.88 Å². The average Bonchev–Trinajstić information content (AvgIpc) is 2.99. The number of nitrogens with zero attached hydrogens (tertiary/aromatic N) is 1. The number of nitrogens with one attached hydrogen (secondary N) is 1. The van der Waals surface area contributed by atoms with E-state index in [0.717, 1.165) is 33.2 Å². The van der Waals surface area contributed by atoms with Crippen molar-refractivity contribution in [1.29, 1.82) is 0 Å². The van der Waals surface area contributed by atoms with Crippen molar-refractivity contribution in [3.8, 4) is 11.1 Å². The summed E-state index contributed by atoms with van der Waals surface area (Å²) in [5, 5.41) is 3.50. The normalized spacial score (nSPS) is 13.1. The summed E-state index contributed by atoms with van der Waals surface area (Å²) in [6, 6.07) is 20.9. The van der Waals surface area contributed by atoms with Crippen molar-refractivity contribution in [2.24, 2.45) is 0 Å². The highest BCUT2D eigenvalue weighted by Gasteiger charge is 2.29. The monoisotopic (exact) mass is 312 g/mol. The van der Waals surface area contributed by atoms with Crippen LogP contribution >= 0.6 is 0 Å². The lowest BCUT2D eigenvalue weighted by Crippen LogP contribution is -2.31. The number of para-hydroxylation sites is 1. The molecule has 1 aromatic heterocycles. The molecule has 4 aromatic rings. The highest BCUT2D eigenvalue weighted by Crippen LogP contribution is 2.46. The Morgan fingerprint density at radius 3 is 2.54 bits per heavy atom. The van der Waals surface area contributed by atoms with E-state index < -0.39 is 0 Å². The summed E-state index contributed by atoms with van der Waals surface area (Å²) in [6.07, 6.45) is 0. The molecule has 0 unspecified atom stereocenters. The van der Waals surface area contributed by atoms with Crippen molar-refractivity contribution in [3.05, 3.63) is 66.4 Å². The van der Waals surface area contributed by atoms with Crippen molar-refractivity contribution in [1.82, 2.24) is 4.98 Å². The zero-order chi connectivity index (χ0) is 16.3. The quantitative estimate of drug-likeness (QED) is 0.495. The number of amides is 1. The number of anilines is 1. The number of hydrogen-bond acceptors (Lipinski definition) is 1. The molecule has 1 amide bonds. The van der Waals surface area contributed by atoms with Gasteiger partial charge in [0, 0.05) is 40.0 Å². The van der Waals surface area contributed by atoms with Gasteiger partial charge in [0.05, 0.1) is 12.2 Å². The van der Waals surface area contributed by atoms with Crippen LogP contribution in [0.15, 0.2) is 60.7 Å². The molecule has 3 nitrogen and oxygen atoms in total. The van der Waals surface area contributed by atoms with Crippen LogP contribution in [0.2, 0.25) is 0 Å². The van der Waals surface area contributed by atoms with Gasteiger partial charge in [0.25, 0.3) is 0 Å². The molecule has 116 valence electrons. The summed E-state index contributed by atoms with van der Waals surface area (Å²) < 4.78 is 0. The molecule has 3 aromatic carbocycles. The molecule has 2 heterocycles. The number of H-pyrrole nitrogens is 1. The first-order chi connectivity index (χ1) is 11.7. The molecule has 0 radical (unpaired) electrons. The molecule has 24 heavy (non-hydrogen) atoms. The summed E-state index contributed by atoms with van der Waals surface area (Å²) in [5.74, 6) is 0.0666. The molecule has 1 aliphatic heterocycles. The van der Waals surface area contributed by atoms with Crippen LogP contribution in [0, 0.1) is 0 Å². The second kappa shape index (κ2) is 4.71. The van der Waals surface area contributed by atoms with Crippen LogP contribution in [-0.2, 0) is 11.3 Å². The topological polar surface area (TPSA) is 36.1 Å². The van der Waals surface area contributed by atoms with Gasteiger partial charge in [0.1, 0.15) is 0 Å². The molecule has 5 rings (SSSR count). The third-order valence-corrected chi connectivity index (χ3v) is 4.92. The summed E-state index contributed by atoms with van der Waals surface area (Å²) in [4.78, 5) is 17.7. The van der Waals surface area contributed by atoms with Crippen LogP contribution in [0.3, 0.4) is 0 Å². The Kier molecular flexibility index (Phi) is 2.63. The van der Waals surface area contributed by atoms with E-state index in [4.69, 9.17) is 0 Å². The average molecular weight is 312 g/mol. The molecule has 0 saturated heterocycles. The van der Waals surface area contributed by atoms with Gasteiger partial charge in [-0.1, -0.05) is 54.6 Å². The second-order valence-corrected chi connectivity index (χ2v) is 6.31. The lowest BCUT2D eigenvalue weighted by atomic mass is 9.92. The van der Waals surface area contributed by atoms with Crippen LogP contribution in [0.5, 0.6) is 0 Å². The third-order valence-electron chi connectivity index (χ3n) is 4.92. The SMILES string of the molecule is CC(=O)N1Cc2[nH]c3ccccc3c2-c2ccc3ccccc3c21. The number of hydrogen-bond donors (Lipinski definition) is 1. The molecule has 0 saturated carbocycles. The van der Waals surface area contributed by atoms with Crippen LogP contribution in [0.4, 0.5) is 5.69 Å². The maximum absolute atomic E-state index is 12.3. The van der Waals surface area contributed by atoms with E-state index in [9.17, 15) is 4.79 Å². The van der Waals surface area contributed by atoms with E-state index in [1.54, 1.807) is 6.92 Å². The molecule has 0 atom stereocenters. The fourth-order valence-electron chi connectivity index (χ4n) is 3.88. The lowest BCUT2D eigenvalue weighted by molar-refractivity contribution is -0.116. The summed E-state index contributed by atoms with van der Waals surface area (Å²) in [7, 11) is 0. The van der Waals surface area contributed by atoms with Gasteiger partial charge in [-0.2, -0.15) is 0 Å². The molecule has 0 spiro atoms. The minimum atomic E-state index is 0.0666. The molecular formula is C21H16N2O. The van der Waals surface area contributed by atoms with Gasteiger partial charge in [0.15, 0.2) is 0 Å². The minimum Gasteiger partial charge on any atom is -0.356 e. The van der Waals surface area contributed by atoms with Gasteiger partial charge in [-0.25, -0.2) is 0 Å². The predicted octanol–water partition coefficient (Wildman–Crippen LogP) is 4.85. The molecular weight excluding hydrogens is 296 g/mol. The van der Waals surface area contributed by atoms with E-state index in [2.05, 4.69) is 47.4 Å². The molecule has 1 N–H and O–H groups in total. The van der Waals surface area contributed by atoms with Crippen molar-refractivity contribution >= 4 is 33.3 Å². The zero-order valence-corrected chi connectivity index (χ0v) is 13.3. The Bertz CT molecular complexity index is 1120. The number of aromatic nitrogens is 1. The largest absolute Gasteiger partial charge is 0.356 e. The third kappa shape index (κ3) is 1.69. The van der Waals surface area contributed by atoms with E-state index in [1.165, 1.54) is 10.9 Å². The van der Waals surface area contributed by atoms with Gasteiger partial charge in [-0.15, -0.1) is 0 Å². The number of carbonyl (C=O) groups excluding carboxylic acids is 1. The maximum Gasteiger partial charge on any atom is 0.224 e. The van der Waals surface area contributed by atoms with Gasteiger partial charge in [-0.3, -0.25) is 4.79 Å². The first kappa shape index (κ1) is 13.4. The van der Waals surface area contributed by atoms with Crippen molar-refractivity contribution in [2.45, 2.75) is 13.5 Å². The smallest absolute Gasteiger partial charge is 0.224 e. The van der Waals surface area contributed by atoms with Crippen LogP contribution < -0.4 is 4.90 Å². The number of fused-ring (bicyclic) bond motifs is 7. The van der Waals surface area contributed by atoms with Gasteiger partial charge in [-0.05, 0) is 11.5 Å². The second-order valence-electron chi connectivity index (χ2n) is 6.31.